The first-order chi connectivity index (χ1) is 13.1. The molecule has 1 saturated heterocycles. The second-order valence-electron chi connectivity index (χ2n) is 6.54. The molecule has 2 atom stereocenters. The summed E-state index contributed by atoms with van der Waals surface area (Å²) in [6.07, 6.45) is 3.17. The van der Waals surface area contributed by atoms with E-state index in [-0.39, 0.29) is 17.9 Å². The minimum absolute atomic E-state index is 0.216. The minimum atomic E-state index is -0.588. The van der Waals surface area contributed by atoms with Gasteiger partial charge in [0.05, 0.1) is 18.8 Å². The molecule has 140 valence electrons. The van der Waals surface area contributed by atoms with Gasteiger partial charge in [0.15, 0.2) is 0 Å². The number of benzene rings is 1. The van der Waals surface area contributed by atoms with Crippen molar-refractivity contribution in [3.8, 4) is 5.75 Å². The SMILES string of the molecule is C=CC(=O)N1C[C@@H](Oc2ccccc2)C[C@H]1C(=O)NCc1ccc(C)cn1. The van der Waals surface area contributed by atoms with Crippen molar-refractivity contribution >= 4 is 11.8 Å². The van der Waals surface area contributed by atoms with Crippen LogP contribution in [0.2, 0.25) is 0 Å². The van der Waals surface area contributed by atoms with Crippen LogP contribution in [-0.4, -0.2) is 40.4 Å². The van der Waals surface area contributed by atoms with Gasteiger partial charge in [0.2, 0.25) is 11.8 Å². The fourth-order valence-corrected chi connectivity index (χ4v) is 3.08. The lowest BCUT2D eigenvalue weighted by Gasteiger charge is -2.22. The topological polar surface area (TPSA) is 71.5 Å². The van der Waals surface area contributed by atoms with Crippen LogP contribution in [0, 0.1) is 6.92 Å². The number of amides is 2. The van der Waals surface area contributed by atoms with E-state index in [1.807, 2.05) is 49.4 Å². The van der Waals surface area contributed by atoms with Crippen molar-refractivity contribution < 1.29 is 14.3 Å². The van der Waals surface area contributed by atoms with Gasteiger partial charge in [0.1, 0.15) is 17.9 Å². The summed E-state index contributed by atoms with van der Waals surface area (Å²) >= 11 is 0. The fraction of sp³-hybridized carbons (Fsp3) is 0.286. The Morgan fingerprint density at radius 1 is 1.30 bits per heavy atom. The summed E-state index contributed by atoms with van der Waals surface area (Å²) < 4.78 is 5.94. The summed E-state index contributed by atoms with van der Waals surface area (Å²) in [5.74, 6) is 0.230. The Morgan fingerprint density at radius 2 is 2.07 bits per heavy atom. The van der Waals surface area contributed by atoms with Crippen molar-refractivity contribution in [2.75, 3.05) is 6.54 Å². The van der Waals surface area contributed by atoms with E-state index in [1.54, 1.807) is 6.20 Å². The molecule has 2 amide bonds. The standard InChI is InChI=1S/C21H23N3O3/c1-3-20(25)24-14-18(27-17-7-5-4-6-8-17)11-19(24)21(26)23-13-16-10-9-15(2)12-22-16/h3-10,12,18-19H,1,11,13-14H2,2H3,(H,23,26)/t18-,19-/m0/s1. The number of para-hydroxylation sites is 1. The van der Waals surface area contributed by atoms with Crippen molar-refractivity contribution in [2.24, 2.45) is 0 Å². The van der Waals surface area contributed by atoms with Crippen LogP contribution in [0.5, 0.6) is 5.75 Å². The van der Waals surface area contributed by atoms with E-state index >= 15 is 0 Å². The van der Waals surface area contributed by atoms with Crippen LogP contribution in [0.3, 0.4) is 0 Å². The number of nitrogens with one attached hydrogen (secondary N) is 1. The van der Waals surface area contributed by atoms with E-state index < -0.39 is 6.04 Å². The zero-order chi connectivity index (χ0) is 19.2. The first-order valence-electron chi connectivity index (χ1n) is 8.91. The van der Waals surface area contributed by atoms with E-state index in [0.29, 0.717) is 19.5 Å². The van der Waals surface area contributed by atoms with Gasteiger partial charge in [-0.15, -0.1) is 0 Å². The number of rotatable bonds is 6. The molecule has 6 nitrogen and oxygen atoms in total. The van der Waals surface area contributed by atoms with E-state index in [9.17, 15) is 9.59 Å². The second kappa shape index (κ2) is 8.49. The number of carbonyl (C=O) groups excluding carboxylic acids is 2. The van der Waals surface area contributed by atoms with Gasteiger partial charge < -0.3 is 15.0 Å². The van der Waals surface area contributed by atoms with E-state index in [0.717, 1.165) is 17.0 Å². The molecular formula is C21H23N3O3. The largest absolute Gasteiger partial charge is 0.488 e. The molecule has 1 aromatic heterocycles. The van der Waals surface area contributed by atoms with Crippen LogP contribution in [-0.2, 0) is 16.1 Å². The van der Waals surface area contributed by atoms with Crippen molar-refractivity contribution in [1.82, 2.24) is 15.2 Å². The van der Waals surface area contributed by atoms with Crippen LogP contribution in [0.1, 0.15) is 17.7 Å². The average molecular weight is 365 g/mol. The van der Waals surface area contributed by atoms with Gasteiger partial charge in [-0.2, -0.15) is 0 Å². The molecule has 2 aromatic rings. The number of pyridine rings is 1. The minimum Gasteiger partial charge on any atom is -0.488 e. The Balaban J connectivity index is 1.65. The number of ether oxygens (including phenoxy) is 1. The van der Waals surface area contributed by atoms with E-state index in [2.05, 4.69) is 16.9 Å². The summed E-state index contributed by atoms with van der Waals surface area (Å²) in [4.78, 5) is 30.7. The lowest BCUT2D eigenvalue weighted by molar-refractivity contribution is -0.135. The molecule has 0 bridgehead atoms. The lowest BCUT2D eigenvalue weighted by Crippen LogP contribution is -2.45. The van der Waals surface area contributed by atoms with Gasteiger partial charge in [-0.3, -0.25) is 14.6 Å². The van der Waals surface area contributed by atoms with E-state index in [1.165, 1.54) is 11.0 Å². The van der Waals surface area contributed by atoms with Crippen LogP contribution < -0.4 is 10.1 Å². The third-order valence-corrected chi connectivity index (χ3v) is 4.49. The molecule has 27 heavy (non-hydrogen) atoms. The first-order valence-corrected chi connectivity index (χ1v) is 8.91. The normalized spacial score (nSPS) is 18.8. The Bertz CT molecular complexity index is 805. The molecule has 0 unspecified atom stereocenters. The van der Waals surface area contributed by atoms with Crippen LogP contribution in [0.15, 0.2) is 61.3 Å². The molecule has 1 aliphatic rings. The van der Waals surface area contributed by atoms with Crippen LogP contribution in [0.4, 0.5) is 0 Å². The highest BCUT2D eigenvalue weighted by molar-refractivity contribution is 5.93. The van der Waals surface area contributed by atoms with Gasteiger partial charge in [0, 0.05) is 12.6 Å². The lowest BCUT2D eigenvalue weighted by atomic mass is 10.1. The maximum atomic E-state index is 12.7. The Hall–Kier alpha value is -3.15. The fourth-order valence-electron chi connectivity index (χ4n) is 3.08. The molecule has 0 aliphatic carbocycles. The molecule has 0 spiro atoms. The van der Waals surface area contributed by atoms with E-state index in [4.69, 9.17) is 4.74 Å². The number of hydrogen-bond acceptors (Lipinski definition) is 4. The summed E-state index contributed by atoms with van der Waals surface area (Å²) in [5.41, 5.74) is 1.83. The highest BCUT2D eigenvalue weighted by atomic mass is 16.5. The third kappa shape index (κ3) is 4.73. The number of aryl methyl sites for hydroxylation is 1. The number of nitrogens with zero attached hydrogens (tertiary/aromatic N) is 2. The molecule has 1 fully saturated rings. The van der Waals surface area contributed by atoms with Gasteiger partial charge >= 0.3 is 0 Å². The maximum absolute atomic E-state index is 12.7. The summed E-state index contributed by atoms with van der Waals surface area (Å²) in [6.45, 7) is 6.16. The zero-order valence-corrected chi connectivity index (χ0v) is 15.3. The molecule has 2 heterocycles. The van der Waals surface area contributed by atoms with Crippen molar-refractivity contribution in [2.45, 2.75) is 32.0 Å². The Labute approximate surface area is 158 Å². The predicted molar refractivity (Wildman–Crippen MR) is 102 cm³/mol. The van der Waals surface area contributed by atoms with Gasteiger partial charge in [-0.05, 0) is 36.8 Å². The highest BCUT2D eigenvalue weighted by Crippen LogP contribution is 2.23. The van der Waals surface area contributed by atoms with Gasteiger partial charge in [0.25, 0.3) is 0 Å². The Morgan fingerprint density at radius 3 is 2.74 bits per heavy atom. The first kappa shape index (κ1) is 18.6. The zero-order valence-electron chi connectivity index (χ0n) is 15.3. The highest BCUT2D eigenvalue weighted by Gasteiger charge is 2.39. The molecule has 1 N–H and O–H groups in total. The summed E-state index contributed by atoms with van der Waals surface area (Å²) in [5, 5.41) is 2.87. The smallest absolute Gasteiger partial charge is 0.246 e. The molecule has 1 aromatic carbocycles. The summed E-state index contributed by atoms with van der Waals surface area (Å²) in [7, 11) is 0. The van der Waals surface area contributed by atoms with Crippen molar-refractivity contribution in [3.05, 3.63) is 72.6 Å². The molecular weight excluding hydrogens is 342 g/mol. The molecule has 0 saturated carbocycles. The number of likely N-dealkylation sites (tertiary alicyclic amines) is 1. The summed E-state index contributed by atoms with van der Waals surface area (Å²) in [6, 6.07) is 12.6. The molecule has 3 rings (SSSR count). The molecule has 0 radical (unpaired) electrons. The van der Waals surface area contributed by atoms with Crippen molar-refractivity contribution in [3.63, 3.8) is 0 Å². The maximum Gasteiger partial charge on any atom is 0.246 e. The van der Waals surface area contributed by atoms with Gasteiger partial charge in [-0.1, -0.05) is 30.8 Å². The number of carbonyl (C=O) groups is 2. The molecule has 1 aliphatic heterocycles. The van der Waals surface area contributed by atoms with Crippen LogP contribution in [0.25, 0.3) is 0 Å². The third-order valence-electron chi connectivity index (χ3n) is 4.49. The monoisotopic (exact) mass is 365 g/mol. The van der Waals surface area contributed by atoms with Crippen molar-refractivity contribution in [1.29, 1.82) is 0 Å². The van der Waals surface area contributed by atoms with Crippen LogP contribution >= 0.6 is 0 Å². The van der Waals surface area contributed by atoms with Gasteiger partial charge in [-0.25, -0.2) is 0 Å². The number of hydrogen-bond donors (Lipinski definition) is 1. The second-order valence-corrected chi connectivity index (χ2v) is 6.54. The molecule has 6 heteroatoms. The predicted octanol–water partition coefficient (Wildman–Crippen LogP) is 2.24. The Kier molecular flexibility index (Phi) is 5.86. The average Bonchev–Trinajstić information content (AvgIpc) is 3.11. The quantitative estimate of drug-likeness (QED) is 0.797. The number of aromatic nitrogens is 1.